The smallest absolute Gasteiger partial charge is 0.309 e. The van der Waals surface area contributed by atoms with Crippen molar-refractivity contribution in [1.82, 2.24) is 0 Å². The second kappa shape index (κ2) is 14.3. The largest absolute Gasteiger partial charge is 0.465 e. The van der Waals surface area contributed by atoms with E-state index in [0.29, 0.717) is 13.0 Å². The Morgan fingerprint density at radius 3 is 1.54 bits per heavy atom. The number of esters is 2. The van der Waals surface area contributed by atoms with Crippen molar-refractivity contribution < 1.29 is 19.1 Å². The van der Waals surface area contributed by atoms with Gasteiger partial charge in [0.1, 0.15) is 6.10 Å². The minimum Gasteiger partial charge on any atom is -0.465 e. The van der Waals surface area contributed by atoms with Gasteiger partial charge in [0, 0.05) is 6.42 Å². The highest BCUT2D eigenvalue weighted by Crippen LogP contribution is 2.18. The van der Waals surface area contributed by atoms with E-state index in [9.17, 15) is 9.59 Å². The molecule has 0 saturated heterocycles. The molecule has 0 amide bonds. The summed E-state index contributed by atoms with van der Waals surface area (Å²) >= 11 is 0. The Morgan fingerprint density at radius 2 is 1.12 bits per heavy atom. The van der Waals surface area contributed by atoms with Gasteiger partial charge in [-0.1, -0.05) is 53.4 Å². The van der Waals surface area contributed by atoms with E-state index in [4.69, 9.17) is 9.47 Å². The lowest BCUT2D eigenvalue weighted by molar-refractivity contribution is -0.156. The van der Waals surface area contributed by atoms with E-state index in [1.54, 1.807) is 0 Å². The quantitative estimate of drug-likeness (QED) is 0.403. The molecule has 0 aliphatic heterocycles. The van der Waals surface area contributed by atoms with Gasteiger partial charge in [-0.3, -0.25) is 9.59 Å². The Balaban J connectivity index is 4.17. The van der Waals surface area contributed by atoms with Crippen LogP contribution in [-0.2, 0) is 19.1 Å². The molecule has 4 nitrogen and oxygen atoms in total. The van der Waals surface area contributed by atoms with Crippen LogP contribution in [-0.4, -0.2) is 24.6 Å². The van der Waals surface area contributed by atoms with Crippen molar-refractivity contribution in [3.05, 3.63) is 0 Å². The third-order valence-corrected chi connectivity index (χ3v) is 4.30. The molecule has 0 aromatic rings. The lowest BCUT2D eigenvalue weighted by Crippen LogP contribution is -2.25. The van der Waals surface area contributed by atoms with Crippen molar-refractivity contribution >= 4 is 11.9 Å². The van der Waals surface area contributed by atoms with E-state index in [0.717, 1.165) is 51.4 Å². The molecule has 0 bridgehead atoms. The van der Waals surface area contributed by atoms with Crippen LogP contribution >= 0.6 is 0 Å². The maximum Gasteiger partial charge on any atom is 0.309 e. The Hall–Kier alpha value is -1.06. The minimum atomic E-state index is -0.211. The molecule has 0 aromatic carbocycles. The van der Waals surface area contributed by atoms with Crippen LogP contribution < -0.4 is 0 Å². The maximum atomic E-state index is 12.2. The highest BCUT2D eigenvalue weighted by molar-refractivity contribution is 5.73. The lowest BCUT2D eigenvalue weighted by atomic mass is 9.98. The first-order chi connectivity index (χ1) is 11.5. The average molecular weight is 343 g/mol. The van der Waals surface area contributed by atoms with Crippen molar-refractivity contribution in [2.24, 2.45) is 11.8 Å². The second-order valence-electron chi connectivity index (χ2n) is 6.75. The third-order valence-electron chi connectivity index (χ3n) is 4.30. The Morgan fingerprint density at radius 1 is 0.708 bits per heavy atom. The first kappa shape index (κ1) is 22.9. The van der Waals surface area contributed by atoms with Crippen LogP contribution in [0.4, 0.5) is 0 Å². The topological polar surface area (TPSA) is 52.6 Å². The molecule has 4 heteroatoms. The second-order valence-corrected chi connectivity index (χ2v) is 6.75. The fourth-order valence-electron chi connectivity index (χ4n) is 2.95. The summed E-state index contributed by atoms with van der Waals surface area (Å²) in [4.78, 5) is 24.3. The summed E-state index contributed by atoms with van der Waals surface area (Å²) in [6.07, 6.45) is 7.83. The molecule has 0 aliphatic rings. The van der Waals surface area contributed by atoms with Crippen molar-refractivity contribution in [1.29, 1.82) is 0 Å². The number of rotatable bonds is 14. The Bertz CT molecular complexity index is 329. The molecule has 0 aromatic heterocycles. The fraction of sp³-hybridized carbons (Fsp3) is 0.900. The summed E-state index contributed by atoms with van der Waals surface area (Å²) in [5.41, 5.74) is 0. The standard InChI is InChI=1S/C20H38O4/c1-6-10-17(11-7-2)19(21)23-15-14-16(5)24-20(22)18(12-8-3)13-9-4/h16-18H,6-15H2,1-5H3. The zero-order valence-corrected chi connectivity index (χ0v) is 16.4. The Kier molecular flexibility index (Phi) is 13.7. The minimum absolute atomic E-state index is 0.00323. The molecule has 24 heavy (non-hydrogen) atoms. The van der Waals surface area contributed by atoms with Gasteiger partial charge in [-0.2, -0.15) is 0 Å². The highest BCUT2D eigenvalue weighted by atomic mass is 16.6. The van der Waals surface area contributed by atoms with Gasteiger partial charge in [-0.25, -0.2) is 0 Å². The zero-order chi connectivity index (χ0) is 18.4. The van der Waals surface area contributed by atoms with E-state index in [2.05, 4.69) is 27.7 Å². The predicted molar refractivity (Wildman–Crippen MR) is 97.7 cm³/mol. The monoisotopic (exact) mass is 342 g/mol. The van der Waals surface area contributed by atoms with Gasteiger partial charge in [-0.05, 0) is 32.6 Å². The van der Waals surface area contributed by atoms with Gasteiger partial charge in [0.05, 0.1) is 18.4 Å². The zero-order valence-electron chi connectivity index (χ0n) is 16.4. The first-order valence-electron chi connectivity index (χ1n) is 9.87. The molecular weight excluding hydrogens is 304 g/mol. The van der Waals surface area contributed by atoms with Crippen LogP contribution in [0.15, 0.2) is 0 Å². The summed E-state index contributed by atoms with van der Waals surface area (Å²) in [5.74, 6) is -0.195. The predicted octanol–water partition coefficient (Wildman–Crippen LogP) is 5.28. The van der Waals surface area contributed by atoms with E-state index in [1.807, 2.05) is 6.92 Å². The SMILES string of the molecule is CCCC(CCC)C(=O)OCCC(C)OC(=O)C(CCC)CCC. The van der Waals surface area contributed by atoms with Gasteiger partial charge in [0.2, 0.25) is 0 Å². The number of hydrogen-bond donors (Lipinski definition) is 0. The van der Waals surface area contributed by atoms with Crippen molar-refractivity contribution in [3.8, 4) is 0 Å². The molecule has 0 heterocycles. The molecule has 0 aliphatic carbocycles. The van der Waals surface area contributed by atoms with Gasteiger partial charge in [0.25, 0.3) is 0 Å². The van der Waals surface area contributed by atoms with Crippen LogP contribution in [0.2, 0.25) is 0 Å². The molecular formula is C20H38O4. The molecule has 0 N–H and O–H groups in total. The maximum absolute atomic E-state index is 12.2. The molecule has 142 valence electrons. The third kappa shape index (κ3) is 9.94. The average Bonchev–Trinajstić information content (AvgIpc) is 2.54. The molecule has 0 radical (unpaired) electrons. The summed E-state index contributed by atoms with van der Waals surface area (Å²) in [6, 6.07) is 0. The normalized spacial score (nSPS) is 12.5. The fourth-order valence-corrected chi connectivity index (χ4v) is 2.95. The van der Waals surface area contributed by atoms with Crippen molar-refractivity contribution in [2.45, 2.75) is 98.5 Å². The number of ether oxygens (including phenoxy) is 2. The van der Waals surface area contributed by atoms with Crippen molar-refractivity contribution in [3.63, 3.8) is 0 Å². The van der Waals surface area contributed by atoms with E-state index < -0.39 is 0 Å². The van der Waals surface area contributed by atoms with Crippen LogP contribution in [0.25, 0.3) is 0 Å². The van der Waals surface area contributed by atoms with Gasteiger partial charge >= 0.3 is 11.9 Å². The number of carbonyl (C=O) groups excluding carboxylic acids is 2. The molecule has 1 atom stereocenters. The molecule has 0 spiro atoms. The lowest BCUT2D eigenvalue weighted by Gasteiger charge is -2.19. The summed E-state index contributed by atoms with van der Waals surface area (Å²) in [7, 11) is 0. The Labute approximate surface area is 148 Å². The van der Waals surface area contributed by atoms with Gasteiger partial charge in [0.15, 0.2) is 0 Å². The highest BCUT2D eigenvalue weighted by Gasteiger charge is 2.21. The molecule has 0 rings (SSSR count). The van der Waals surface area contributed by atoms with Crippen LogP contribution in [0, 0.1) is 11.8 Å². The summed E-state index contributed by atoms with van der Waals surface area (Å²) < 4.78 is 10.9. The van der Waals surface area contributed by atoms with E-state index in [-0.39, 0.29) is 29.9 Å². The van der Waals surface area contributed by atoms with Crippen molar-refractivity contribution in [2.75, 3.05) is 6.61 Å². The van der Waals surface area contributed by atoms with Crippen LogP contribution in [0.3, 0.4) is 0 Å². The molecule has 0 fully saturated rings. The van der Waals surface area contributed by atoms with E-state index in [1.165, 1.54) is 0 Å². The molecule has 0 saturated carbocycles. The molecule has 1 unspecified atom stereocenters. The number of carbonyl (C=O) groups is 2. The van der Waals surface area contributed by atoms with Crippen LogP contribution in [0.5, 0.6) is 0 Å². The van der Waals surface area contributed by atoms with Gasteiger partial charge in [-0.15, -0.1) is 0 Å². The first-order valence-corrected chi connectivity index (χ1v) is 9.87. The number of hydrogen-bond acceptors (Lipinski definition) is 4. The van der Waals surface area contributed by atoms with E-state index >= 15 is 0 Å². The van der Waals surface area contributed by atoms with Crippen LogP contribution in [0.1, 0.15) is 92.4 Å². The van der Waals surface area contributed by atoms with Gasteiger partial charge < -0.3 is 9.47 Å². The summed E-state index contributed by atoms with van der Waals surface area (Å²) in [5, 5.41) is 0. The summed E-state index contributed by atoms with van der Waals surface area (Å²) in [6.45, 7) is 10.5.